The van der Waals surface area contributed by atoms with Gasteiger partial charge in [0.2, 0.25) is 0 Å². The Hall–Kier alpha value is -0.300. The summed E-state index contributed by atoms with van der Waals surface area (Å²) in [7, 11) is 0. The number of hydrogen-bond donors (Lipinski definition) is 1. The van der Waals surface area contributed by atoms with Gasteiger partial charge in [-0.15, -0.1) is 6.58 Å². The van der Waals surface area contributed by atoms with Gasteiger partial charge in [0.05, 0.1) is 0 Å². The van der Waals surface area contributed by atoms with Crippen molar-refractivity contribution in [3.8, 4) is 0 Å². The molecule has 1 atom stereocenters. The summed E-state index contributed by atoms with van der Waals surface area (Å²) in [5.41, 5.74) is 6.21. The third-order valence-corrected chi connectivity index (χ3v) is 2.04. The van der Waals surface area contributed by atoms with Gasteiger partial charge in [-0.1, -0.05) is 26.8 Å². The summed E-state index contributed by atoms with van der Waals surface area (Å²) in [6, 6.07) is 0.322. The van der Waals surface area contributed by atoms with E-state index in [0.29, 0.717) is 6.04 Å². The number of allylic oxidation sites excluding steroid dienone is 1. The topological polar surface area (TPSA) is 26.0 Å². The summed E-state index contributed by atoms with van der Waals surface area (Å²) >= 11 is 0. The first-order valence-electron chi connectivity index (χ1n) is 4.35. The third-order valence-electron chi connectivity index (χ3n) is 2.04. The van der Waals surface area contributed by atoms with E-state index in [1.165, 1.54) is 6.42 Å². The van der Waals surface area contributed by atoms with Crippen molar-refractivity contribution in [3.05, 3.63) is 12.7 Å². The lowest BCUT2D eigenvalue weighted by Crippen LogP contribution is -2.34. The Bertz CT molecular complexity index is 111. The van der Waals surface area contributed by atoms with Gasteiger partial charge in [-0.2, -0.15) is 0 Å². The molecular formula is C10H21N. The lowest BCUT2D eigenvalue weighted by Gasteiger charge is -2.26. The van der Waals surface area contributed by atoms with E-state index < -0.39 is 0 Å². The maximum Gasteiger partial charge on any atom is 0.00877 e. The highest BCUT2D eigenvalue weighted by Gasteiger charge is 2.19. The van der Waals surface area contributed by atoms with Crippen LogP contribution < -0.4 is 5.73 Å². The summed E-state index contributed by atoms with van der Waals surface area (Å²) in [6.07, 6.45) is 5.32. The molecule has 0 bridgehead atoms. The van der Waals surface area contributed by atoms with Crippen LogP contribution in [0.3, 0.4) is 0 Å². The second-order valence-corrected chi connectivity index (χ2v) is 4.19. The SMILES string of the molecule is C=CCCC[C@@H](N)C(C)(C)C. The summed E-state index contributed by atoms with van der Waals surface area (Å²) in [5, 5.41) is 0. The smallest absolute Gasteiger partial charge is 0.00877 e. The van der Waals surface area contributed by atoms with E-state index in [9.17, 15) is 0 Å². The second-order valence-electron chi connectivity index (χ2n) is 4.19. The summed E-state index contributed by atoms with van der Waals surface area (Å²) in [5.74, 6) is 0. The van der Waals surface area contributed by atoms with E-state index in [-0.39, 0.29) is 5.41 Å². The molecular weight excluding hydrogens is 134 g/mol. The average Bonchev–Trinajstić information content (AvgIpc) is 1.86. The number of hydrogen-bond acceptors (Lipinski definition) is 1. The van der Waals surface area contributed by atoms with Gasteiger partial charge in [0.15, 0.2) is 0 Å². The van der Waals surface area contributed by atoms with Crippen LogP contribution in [0.4, 0.5) is 0 Å². The van der Waals surface area contributed by atoms with Crippen LogP contribution in [0.1, 0.15) is 40.0 Å². The fourth-order valence-electron chi connectivity index (χ4n) is 0.915. The first-order valence-corrected chi connectivity index (χ1v) is 4.35. The largest absolute Gasteiger partial charge is 0.327 e. The van der Waals surface area contributed by atoms with Gasteiger partial charge in [0, 0.05) is 6.04 Å². The summed E-state index contributed by atoms with van der Waals surface area (Å²) in [4.78, 5) is 0. The molecule has 0 aromatic heterocycles. The van der Waals surface area contributed by atoms with Crippen LogP contribution in [-0.4, -0.2) is 6.04 Å². The van der Waals surface area contributed by atoms with Gasteiger partial charge in [0.1, 0.15) is 0 Å². The number of rotatable bonds is 4. The van der Waals surface area contributed by atoms with Crippen LogP contribution in [0.15, 0.2) is 12.7 Å². The van der Waals surface area contributed by atoms with Crippen molar-refractivity contribution < 1.29 is 0 Å². The molecule has 1 nitrogen and oxygen atoms in total. The number of unbranched alkanes of at least 4 members (excludes halogenated alkanes) is 1. The Balaban J connectivity index is 3.52. The van der Waals surface area contributed by atoms with Crippen molar-refractivity contribution in [3.63, 3.8) is 0 Å². The Kier molecular flexibility index (Phi) is 4.43. The minimum absolute atomic E-state index is 0.251. The molecule has 0 fully saturated rings. The molecule has 11 heavy (non-hydrogen) atoms. The molecule has 0 heterocycles. The quantitative estimate of drug-likeness (QED) is 0.490. The molecule has 0 radical (unpaired) electrons. The maximum atomic E-state index is 5.96. The zero-order valence-electron chi connectivity index (χ0n) is 8.06. The fraction of sp³-hybridized carbons (Fsp3) is 0.800. The first-order chi connectivity index (χ1) is 4.98. The molecule has 0 saturated heterocycles. The van der Waals surface area contributed by atoms with Crippen LogP contribution >= 0.6 is 0 Å². The van der Waals surface area contributed by atoms with E-state index in [4.69, 9.17) is 5.73 Å². The molecule has 66 valence electrons. The number of nitrogens with two attached hydrogens (primary N) is 1. The van der Waals surface area contributed by atoms with Crippen molar-refractivity contribution in [1.29, 1.82) is 0 Å². The lowest BCUT2D eigenvalue weighted by atomic mass is 9.84. The van der Waals surface area contributed by atoms with Gasteiger partial charge in [-0.25, -0.2) is 0 Å². The van der Waals surface area contributed by atoms with Gasteiger partial charge in [0.25, 0.3) is 0 Å². The fourth-order valence-corrected chi connectivity index (χ4v) is 0.915. The van der Waals surface area contributed by atoms with Crippen molar-refractivity contribution >= 4 is 0 Å². The van der Waals surface area contributed by atoms with Crippen molar-refractivity contribution in [2.45, 2.75) is 46.1 Å². The summed E-state index contributed by atoms with van der Waals surface area (Å²) < 4.78 is 0. The molecule has 1 heteroatoms. The van der Waals surface area contributed by atoms with Crippen LogP contribution in [0, 0.1) is 5.41 Å². The predicted octanol–water partition coefficient (Wildman–Crippen LogP) is 2.72. The zero-order chi connectivity index (χ0) is 8.91. The van der Waals surface area contributed by atoms with E-state index in [0.717, 1.165) is 12.8 Å². The van der Waals surface area contributed by atoms with Gasteiger partial charge < -0.3 is 5.73 Å². The highest BCUT2D eigenvalue weighted by molar-refractivity contribution is 4.78. The van der Waals surface area contributed by atoms with Crippen LogP contribution in [0.25, 0.3) is 0 Å². The second kappa shape index (κ2) is 4.55. The van der Waals surface area contributed by atoms with Crippen LogP contribution in [0.5, 0.6) is 0 Å². The summed E-state index contributed by atoms with van der Waals surface area (Å²) in [6.45, 7) is 10.2. The molecule has 0 rings (SSSR count). The van der Waals surface area contributed by atoms with Crippen LogP contribution in [-0.2, 0) is 0 Å². The first kappa shape index (κ1) is 10.7. The Morgan fingerprint density at radius 3 is 2.36 bits per heavy atom. The Labute approximate surface area is 70.7 Å². The monoisotopic (exact) mass is 155 g/mol. The van der Waals surface area contributed by atoms with Gasteiger partial charge >= 0.3 is 0 Å². The molecule has 0 aliphatic heterocycles. The van der Waals surface area contributed by atoms with E-state index in [1.54, 1.807) is 0 Å². The van der Waals surface area contributed by atoms with E-state index in [2.05, 4.69) is 27.4 Å². The lowest BCUT2D eigenvalue weighted by molar-refractivity contribution is 0.302. The normalized spacial score (nSPS) is 14.5. The molecule has 0 unspecified atom stereocenters. The van der Waals surface area contributed by atoms with Gasteiger partial charge in [-0.05, 0) is 24.7 Å². The zero-order valence-corrected chi connectivity index (χ0v) is 8.06. The molecule has 2 N–H and O–H groups in total. The molecule has 0 aromatic carbocycles. The molecule has 0 aliphatic rings. The third kappa shape index (κ3) is 5.02. The Morgan fingerprint density at radius 1 is 1.45 bits per heavy atom. The minimum atomic E-state index is 0.251. The van der Waals surface area contributed by atoms with Gasteiger partial charge in [-0.3, -0.25) is 0 Å². The van der Waals surface area contributed by atoms with E-state index in [1.807, 2.05) is 6.08 Å². The van der Waals surface area contributed by atoms with E-state index >= 15 is 0 Å². The highest BCUT2D eigenvalue weighted by atomic mass is 14.7. The van der Waals surface area contributed by atoms with Crippen LogP contribution in [0.2, 0.25) is 0 Å². The van der Waals surface area contributed by atoms with Crippen molar-refractivity contribution in [1.82, 2.24) is 0 Å². The highest BCUT2D eigenvalue weighted by Crippen LogP contribution is 2.21. The molecule has 0 amide bonds. The molecule has 0 saturated carbocycles. The average molecular weight is 155 g/mol. The van der Waals surface area contributed by atoms with Crippen molar-refractivity contribution in [2.24, 2.45) is 11.1 Å². The standard InChI is InChI=1S/C10H21N/c1-5-6-7-8-9(11)10(2,3)4/h5,9H,1,6-8,11H2,2-4H3/t9-/m1/s1. The van der Waals surface area contributed by atoms with Crippen molar-refractivity contribution in [2.75, 3.05) is 0 Å². The predicted molar refractivity (Wildman–Crippen MR) is 51.5 cm³/mol. The molecule has 0 aliphatic carbocycles. The molecule has 0 spiro atoms. The Morgan fingerprint density at radius 2 is 2.00 bits per heavy atom. The molecule has 0 aromatic rings. The minimum Gasteiger partial charge on any atom is -0.327 e. The maximum absolute atomic E-state index is 5.96.